The van der Waals surface area contributed by atoms with Crippen molar-refractivity contribution >= 4 is 29.2 Å². The van der Waals surface area contributed by atoms with Crippen LogP contribution in [0.15, 0.2) is 48.5 Å². The average Bonchev–Trinajstić information content (AvgIpc) is 3.03. The van der Waals surface area contributed by atoms with Crippen molar-refractivity contribution in [2.45, 2.75) is 19.4 Å². The van der Waals surface area contributed by atoms with E-state index in [2.05, 4.69) is 5.32 Å². The highest BCUT2D eigenvalue weighted by Gasteiger charge is 2.50. The molecule has 10 nitrogen and oxygen atoms in total. The summed E-state index contributed by atoms with van der Waals surface area (Å²) in [5.41, 5.74) is 0.863. The van der Waals surface area contributed by atoms with E-state index in [4.69, 9.17) is 0 Å². The smallest absolute Gasteiger partial charge is 0.325 e. The molecule has 0 radical (unpaired) electrons. The molecule has 2 aromatic rings. The van der Waals surface area contributed by atoms with Gasteiger partial charge in [0.05, 0.1) is 4.92 Å². The minimum atomic E-state index is -1.23. The maximum absolute atomic E-state index is 13.1. The average molecular weight is 451 g/mol. The molecular weight excluding hydrogens is 426 g/mol. The van der Waals surface area contributed by atoms with Gasteiger partial charge >= 0.3 is 6.03 Å². The van der Waals surface area contributed by atoms with Crippen molar-refractivity contribution in [1.82, 2.24) is 15.1 Å². The molecule has 1 N–H and O–H groups in total. The van der Waals surface area contributed by atoms with E-state index in [1.54, 1.807) is 42.2 Å². The minimum absolute atomic E-state index is 0.0205. The number of benzene rings is 2. The Morgan fingerprint density at radius 3 is 2.36 bits per heavy atom. The third kappa shape index (κ3) is 3.99. The number of hydrogen-bond donors (Lipinski definition) is 1. The van der Waals surface area contributed by atoms with E-state index in [9.17, 15) is 24.5 Å². The molecule has 2 aliphatic rings. The molecule has 172 valence electrons. The topological polar surface area (TPSA) is 116 Å². The van der Waals surface area contributed by atoms with E-state index in [1.165, 1.54) is 6.07 Å². The number of hydrogen-bond acceptors (Lipinski definition) is 6. The first-order valence-electron chi connectivity index (χ1n) is 10.7. The van der Waals surface area contributed by atoms with Crippen LogP contribution in [0.25, 0.3) is 0 Å². The lowest BCUT2D eigenvalue weighted by atomic mass is 9.88. The lowest BCUT2D eigenvalue weighted by Gasteiger charge is -2.36. The highest BCUT2D eigenvalue weighted by atomic mass is 16.6. The molecule has 2 aliphatic heterocycles. The Kier molecular flexibility index (Phi) is 5.75. The van der Waals surface area contributed by atoms with Crippen molar-refractivity contribution in [2.24, 2.45) is 0 Å². The van der Waals surface area contributed by atoms with Gasteiger partial charge in [-0.3, -0.25) is 24.6 Å². The van der Waals surface area contributed by atoms with Crippen LogP contribution in [-0.4, -0.2) is 65.3 Å². The van der Waals surface area contributed by atoms with E-state index in [1.807, 2.05) is 24.0 Å². The third-order valence-corrected chi connectivity index (χ3v) is 6.30. The number of amides is 4. The second-order valence-corrected chi connectivity index (χ2v) is 8.38. The molecule has 0 spiro atoms. The first kappa shape index (κ1) is 22.3. The normalized spacial score (nSPS) is 20.7. The van der Waals surface area contributed by atoms with Crippen LogP contribution in [0.1, 0.15) is 18.1 Å². The van der Waals surface area contributed by atoms with Gasteiger partial charge in [-0.15, -0.1) is 0 Å². The van der Waals surface area contributed by atoms with Gasteiger partial charge in [-0.2, -0.15) is 0 Å². The maximum Gasteiger partial charge on any atom is 0.325 e. The number of piperazine rings is 1. The number of urea groups is 1. The summed E-state index contributed by atoms with van der Waals surface area (Å²) in [5.74, 6) is -0.802. The zero-order valence-electron chi connectivity index (χ0n) is 18.5. The van der Waals surface area contributed by atoms with Crippen LogP contribution in [0, 0.1) is 17.0 Å². The molecule has 0 aliphatic carbocycles. The van der Waals surface area contributed by atoms with Gasteiger partial charge in [0, 0.05) is 32.2 Å². The van der Waals surface area contributed by atoms with Crippen LogP contribution >= 0.6 is 0 Å². The monoisotopic (exact) mass is 451 g/mol. The summed E-state index contributed by atoms with van der Waals surface area (Å²) in [4.78, 5) is 53.9. The van der Waals surface area contributed by atoms with E-state index < -0.39 is 22.4 Å². The number of imide groups is 1. The van der Waals surface area contributed by atoms with Gasteiger partial charge in [-0.1, -0.05) is 36.4 Å². The second-order valence-electron chi connectivity index (χ2n) is 8.38. The standard InChI is InChI=1S/C23H25N5O5/c1-16-7-3-4-8-17(16)23(2)21(30)27(22(31)24-23)15-20(29)26-13-11-25(12-14-26)18-9-5-6-10-19(18)28(32)33/h3-10H,11-15H2,1-2H3,(H,24,31). The number of rotatable bonds is 5. The molecule has 2 saturated heterocycles. The number of carbonyl (C=O) groups excluding carboxylic acids is 3. The first-order valence-corrected chi connectivity index (χ1v) is 10.7. The van der Waals surface area contributed by atoms with Crippen LogP contribution < -0.4 is 10.2 Å². The van der Waals surface area contributed by atoms with Crippen molar-refractivity contribution in [3.05, 3.63) is 69.8 Å². The summed E-state index contributed by atoms with van der Waals surface area (Å²) in [6, 6.07) is 13.2. The highest BCUT2D eigenvalue weighted by molar-refractivity contribution is 6.09. The quantitative estimate of drug-likeness (QED) is 0.422. The van der Waals surface area contributed by atoms with Gasteiger partial charge in [0.2, 0.25) is 5.91 Å². The highest BCUT2D eigenvalue weighted by Crippen LogP contribution is 2.31. The molecule has 4 rings (SSSR count). The lowest BCUT2D eigenvalue weighted by Crippen LogP contribution is -2.52. The summed E-state index contributed by atoms with van der Waals surface area (Å²) in [5, 5.41) is 14.0. The zero-order valence-corrected chi connectivity index (χ0v) is 18.5. The molecular formula is C23H25N5O5. The lowest BCUT2D eigenvalue weighted by molar-refractivity contribution is -0.384. The largest absolute Gasteiger partial charge is 0.362 e. The third-order valence-electron chi connectivity index (χ3n) is 6.30. The van der Waals surface area contributed by atoms with Crippen LogP contribution in [-0.2, 0) is 15.1 Å². The Bertz CT molecular complexity index is 1130. The number of nitro groups is 1. The Morgan fingerprint density at radius 1 is 1.06 bits per heavy atom. The molecule has 33 heavy (non-hydrogen) atoms. The summed E-state index contributed by atoms with van der Waals surface area (Å²) in [6.07, 6.45) is 0. The Balaban J connectivity index is 1.42. The van der Waals surface area contributed by atoms with E-state index in [0.717, 1.165) is 10.5 Å². The van der Waals surface area contributed by atoms with Crippen LogP contribution in [0.3, 0.4) is 0 Å². The van der Waals surface area contributed by atoms with Gasteiger partial charge in [0.15, 0.2) is 0 Å². The predicted octanol–water partition coefficient (Wildman–Crippen LogP) is 2.02. The van der Waals surface area contributed by atoms with Crippen LogP contribution in [0.5, 0.6) is 0 Å². The Labute approximate surface area is 190 Å². The Morgan fingerprint density at radius 2 is 1.70 bits per heavy atom. The molecule has 0 bridgehead atoms. The SMILES string of the molecule is Cc1ccccc1C1(C)NC(=O)N(CC(=O)N2CCN(c3ccccc3[N+](=O)[O-])CC2)C1=O. The fraction of sp³-hybridized carbons (Fsp3) is 0.348. The molecule has 4 amide bonds. The van der Waals surface area contributed by atoms with Crippen molar-refractivity contribution in [3.8, 4) is 0 Å². The second kappa shape index (κ2) is 8.53. The van der Waals surface area contributed by atoms with Gasteiger partial charge in [0.25, 0.3) is 11.6 Å². The van der Waals surface area contributed by atoms with Gasteiger partial charge in [-0.05, 0) is 31.0 Å². The fourth-order valence-corrected chi connectivity index (χ4v) is 4.47. The molecule has 2 fully saturated rings. The number of nitrogens with zero attached hydrogens (tertiary/aromatic N) is 4. The zero-order chi connectivity index (χ0) is 23.8. The number of nitro benzene ring substituents is 1. The molecule has 0 saturated carbocycles. The molecule has 0 aromatic heterocycles. The van der Waals surface area contributed by atoms with Crippen molar-refractivity contribution in [3.63, 3.8) is 0 Å². The molecule has 1 atom stereocenters. The fourth-order valence-electron chi connectivity index (χ4n) is 4.47. The van der Waals surface area contributed by atoms with Gasteiger partial charge < -0.3 is 15.1 Å². The van der Waals surface area contributed by atoms with Crippen molar-refractivity contribution in [2.75, 3.05) is 37.6 Å². The van der Waals surface area contributed by atoms with E-state index in [0.29, 0.717) is 37.4 Å². The molecule has 2 aromatic carbocycles. The molecule has 2 heterocycles. The molecule has 10 heteroatoms. The molecule has 1 unspecified atom stereocenters. The van der Waals surface area contributed by atoms with E-state index >= 15 is 0 Å². The number of nitrogens with one attached hydrogen (secondary N) is 1. The summed E-state index contributed by atoms with van der Waals surface area (Å²) in [7, 11) is 0. The summed E-state index contributed by atoms with van der Waals surface area (Å²) >= 11 is 0. The number of anilines is 1. The van der Waals surface area contributed by atoms with E-state index in [-0.39, 0.29) is 18.1 Å². The summed E-state index contributed by atoms with van der Waals surface area (Å²) < 4.78 is 0. The predicted molar refractivity (Wildman–Crippen MR) is 121 cm³/mol. The number of para-hydroxylation sites is 2. The minimum Gasteiger partial charge on any atom is -0.362 e. The number of aryl methyl sites for hydroxylation is 1. The van der Waals surface area contributed by atoms with Crippen molar-refractivity contribution < 1.29 is 19.3 Å². The van der Waals surface area contributed by atoms with Gasteiger partial charge in [0.1, 0.15) is 17.8 Å². The first-order chi connectivity index (χ1) is 15.7. The maximum atomic E-state index is 13.1. The van der Waals surface area contributed by atoms with Gasteiger partial charge in [-0.25, -0.2) is 4.79 Å². The number of carbonyl (C=O) groups is 3. The van der Waals surface area contributed by atoms with Crippen LogP contribution in [0.4, 0.5) is 16.2 Å². The van der Waals surface area contributed by atoms with Crippen LogP contribution in [0.2, 0.25) is 0 Å². The van der Waals surface area contributed by atoms with Crippen molar-refractivity contribution in [1.29, 1.82) is 0 Å². The summed E-state index contributed by atoms with van der Waals surface area (Å²) in [6.45, 7) is 4.66. The Hall–Kier alpha value is -3.95.